The normalized spacial score (nSPS) is 17.6. The van der Waals surface area contributed by atoms with Crippen LogP contribution in [0.25, 0.3) is 0 Å². The topological polar surface area (TPSA) is 92.4 Å². The van der Waals surface area contributed by atoms with Gasteiger partial charge in [0.25, 0.3) is 0 Å². The highest BCUT2D eigenvalue weighted by molar-refractivity contribution is 5.78. The summed E-state index contributed by atoms with van der Waals surface area (Å²) in [5.41, 5.74) is 7.03. The van der Waals surface area contributed by atoms with Crippen molar-refractivity contribution in [3.8, 4) is 0 Å². The minimum Gasteiger partial charge on any atom is -0.349 e. The Bertz CT molecular complexity index is 546. The Kier molecular flexibility index (Phi) is 5.43. The maximum absolute atomic E-state index is 11.9. The number of aryl methyl sites for hydroxylation is 1. The average molecular weight is 305 g/mol. The molecule has 0 aromatic carbocycles. The zero-order chi connectivity index (χ0) is 16.1. The molecule has 0 spiro atoms. The third-order valence-corrected chi connectivity index (χ3v) is 3.89. The van der Waals surface area contributed by atoms with E-state index in [1.165, 1.54) is 0 Å². The van der Waals surface area contributed by atoms with Gasteiger partial charge in [-0.2, -0.15) is 0 Å². The zero-order valence-corrected chi connectivity index (χ0v) is 13.2. The van der Waals surface area contributed by atoms with Crippen LogP contribution in [-0.2, 0) is 16.0 Å². The lowest BCUT2D eigenvalue weighted by molar-refractivity contribution is -0.130. The Balaban J connectivity index is 2.07. The first-order valence-electron chi connectivity index (χ1n) is 7.53. The van der Waals surface area contributed by atoms with Gasteiger partial charge in [-0.3, -0.25) is 19.6 Å². The molecule has 1 aromatic rings. The zero-order valence-electron chi connectivity index (χ0n) is 13.2. The molecule has 7 heteroatoms. The first-order chi connectivity index (χ1) is 10.5. The fourth-order valence-electron chi connectivity index (χ4n) is 2.65. The molecule has 2 heterocycles. The molecule has 120 valence electrons. The second-order valence-corrected chi connectivity index (χ2v) is 5.67. The van der Waals surface area contributed by atoms with Crippen molar-refractivity contribution in [1.29, 1.82) is 0 Å². The molecule has 1 aliphatic rings. The van der Waals surface area contributed by atoms with Gasteiger partial charge in [0.15, 0.2) is 0 Å². The number of likely N-dealkylation sites (tertiary alicyclic amines) is 1. The second kappa shape index (κ2) is 7.31. The van der Waals surface area contributed by atoms with Crippen LogP contribution >= 0.6 is 0 Å². The van der Waals surface area contributed by atoms with Crippen molar-refractivity contribution in [2.45, 2.75) is 31.7 Å². The van der Waals surface area contributed by atoms with Gasteiger partial charge in [-0.1, -0.05) is 0 Å². The van der Waals surface area contributed by atoms with E-state index in [2.05, 4.69) is 9.97 Å². The van der Waals surface area contributed by atoms with Gasteiger partial charge in [0, 0.05) is 33.3 Å². The van der Waals surface area contributed by atoms with Crippen molar-refractivity contribution in [1.82, 2.24) is 19.8 Å². The molecule has 22 heavy (non-hydrogen) atoms. The molecule has 2 N–H and O–H groups in total. The number of carbonyl (C=O) groups excluding carboxylic acids is 2. The molecule has 1 aromatic heterocycles. The molecular formula is C15H23N5O2. The fourth-order valence-corrected chi connectivity index (χ4v) is 2.65. The predicted molar refractivity (Wildman–Crippen MR) is 81.8 cm³/mol. The van der Waals surface area contributed by atoms with E-state index < -0.39 is 0 Å². The van der Waals surface area contributed by atoms with Crippen LogP contribution in [0.5, 0.6) is 0 Å². The molecule has 0 saturated carbocycles. The number of nitrogens with zero attached hydrogens (tertiary/aromatic N) is 4. The molecule has 0 aliphatic carbocycles. The van der Waals surface area contributed by atoms with E-state index in [1.807, 2.05) is 0 Å². The molecule has 1 saturated heterocycles. The lowest BCUT2D eigenvalue weighted by Gasteiger charge is -2.23. The molecule has 2 amide bonds. The Morgan fingerprint density at radius 2 is 2.18 bits per heavy atom. The highest BCUT2D eigenvalue weighted by Crippen LogP contribution is 2.30. The van der Waals surface area contributed by atoms with E-state index in [1.54, 1.807) is 36.3 Å². The average Bonchev–Trinajstić information content (AvgIpc) is 3.01. The van der Waals surface area contributed by atoms with Crippen molar-refractivity contribution in [2.75, 3.05) is 27.2 Å². The first-order valence-corrected chi connectivity index (χ1v) is 7.53. The summed E-state index contributed by atoms with van der Waals surface area (Å²) in [7, 11) is 3.47. The number of amides is 2. The summed E-state index contributed by atoms with van der Waals surface area (Å²) < 4.78 is 0. The van der Waals surface area contributed by atoms with E-state index in [0.29, 0.717) is 19.4 Å². The van der Waals surface area contributed by atoms with E-state index in [-0.39, 0.29) is 24.4 Å². The highest BCUT2D eigenvalue weighted by Gasteiger charge is 2.30. The Labute approximate surface area is 130 Å². The van der Waals surface area contributed by atoms with E-state index in [9.17, 15) is 9.59 Å². The number of hydrogen-bond acceptors (Lipinski definition) is 5. The minimum atomic E-state index is -0.0579. The van der Waals surface area contributed by atoms with Crippen LogP contribution in [-0.4, -0.2) is 58.8 Å². The molecular weight excluding hydrogens is 282 g/mol. The smallest absolute Gasteiger partial charge is 0.236 e. The molecule has 7 nitrogen and oxygen atoms in total. The van der Waals surface area contributed by atoms with Gasteiger partial charge in [-0.25, -0.2) is 0 Å². The van der Waals surface area contributed by atoms with E-state index in [0.717, 1.165) is 24.2 Å². The molecule has 1 atom stereocenters. The van der Waals surface area contributed by atoms with Gasteiger partial charge in [-0.15, -0.1) is 0 Å². The Morgan fingerprint density at radius 1 is 1.41 bits per heavy atom. The summed E-state index contributed by atoms with van der Waals surface area (Å²) in [6.07, 6.45) is 6.15. The summed E-state index contributed by atoms with van der Waals surface area (Å²) in [5, 5.41) is 0. The molecule has 1 aliphatic heterocycles. The van der Waals surface area contributed by atoms with Crippen LogP contribution in [0.1, 0.15) is 36.7 Å². The van der Waals surface area contributed by atoms with Gasteiger partial charge in [0.05, 0.1) is 30.2 Å². The number of carbonyl (C=O) groups is 2. The van der Waals surface area contributed by atoms with Crippen LogP contribution < -0.4 is 5.73 Å². The van der Waals surface area contributed by atoms with Crippen LogP contribution in [0, 0.1) is 0 Å². The van der Waals surface area contributed by atoms with Gasteiger partial charge in [-0.05, 0) is 19.3 Å². The van der Waals surface area contributed by atoms with E-state index >= 15 is 0 Å². The van der Waals surface area contributed by atoms with Crippen LogP contribution in [0.4, 0.5) is 0 Å². The van der Waals surface area contributed by atoms with Gasteiger partial charge < -0.3 is 15.5 Å². The highest BCUT2D eigenvalue weighted by atomic mass is 16.2. The van der Waals surface area contributed by atoms with Gasteiger partial charge >= 0.3 is 0 Å². The number of hydrogen-bond donors (Lipinski definition) is 1. The van der Waals surface area contributed by atoms with Crippen molar-refractivity contribution in [3.63, 3.8) is 0 Å². The summed E-state index contributed by atoms with van der Waals surface area (Å²) >= 11 is 0. The first kappa shape index (κ1) is 16.4. The molecule has 1 fully saturated rings. The number of aromatic nitrogens is 2. The van der Waals surface area contributed by atoms with Crippen molar-refractivity contribution in [2.24, 2.45) is 5.73 Å². The standard InChI is InChI=1S/C15H23N5O2/c1-19(2)14(21)6-5-11-9-17-10-12(18-11)13-4-3-7-20(13)15(22)8-16/h9-10,13H,3-8,16H2,1-2H3/t13-/m0/s1. The van der Waals surface area contributed by atoms with Crippen LogP contribution in [0.3, 0.4) is 0 Å². The molecule has 0 unspecified atom stereocenters. The quantitative estimate of drug-likeness (QED) is 0.834. The maximum Gasteiger partial charge on any atom is 0.236 e. The molecule has 2 rings (SSSR count). The lowest BCUT2D eigenvalue weighted by Crippen LogP contribution is -2.35. The summed E-state index contributed by atoms with van der Waals surface area (Å²) in [4.78, 5) is 35.7. The minimum absolute atomic E-state index is 0.0148. The largest absolute Gasteiger partial charge is 0.349 e. The molecule has 0 radical (unpaired) electrons. The van der Waals surface area contributed by atoms with Crippen molar-refractivity contribution < 1.29 is 9.59 Å². The molecule has 0 bridgehead atoms. The summed E-state index contributed by atoms with van der Waals surface area (Å²) in [5.74, 6) is 0.00509. The van der Waals surface area contributed by atoms with Crippen LogP contribution in [0.2, 0.25) is 0 Å². The Morgan fingerprint density at radius 3 is 2.86 bits per heavy atom. The Hall–Kier alpha value is -2.02. The van der Waals surface area contributed by atoms with Crippen molar-refractivity contribution in [3.05, 3.63) is 23.8 Å². The summed E-state index contributed by atoms with van der Waals surface area (Å²) in [6.45, 7) is 0.729. The third kappa shape index (κ3) is 3.79. The van der Waals surface area contributed by atoms with Gasteiger partial charge in [0.1, 0.15) is 0 Å². The third-order valence-electron chi connectivity index (χ3n) is 3.89. The summed E-state index contributed by atoms with van der Waals surface area (Å²) in [6, 6.07) is -0.0481. The number of rotatable bonds is 5. The monoisotopic (exact) mass is 305 g/mol. The SMILES string of the molecule is CN(C)C(=O)CCc1cncc([C@@H]2CCCN2C(=O)CN)n1. The van der Waals surface area contributed by atoms with E-state index in [4.69, 9.17) is 5.73 Å². The second-order valence-electron chi connectivity index (χ2n) is 5.67. The van der Waals surface area contributed by atoms with Gasteiger partial charge in [0.2, 0.25) is 11.8 Å². The number of nitrogens with two attached hydrogens (primary N) is 1. The predicted octanol–water partition coefficient (Wildman–Crippen LogP) is 0.120. The maximum atomic E-state index is 11.9. The fraction of sp³-hybridized carbons (Fsp3) is 0.600. The van der Waals surface area contributed by atoms with Crippen LogP contribution in [0.15, 0.2) is 12.4 Å². The van der Waals surface area contributed by atoms with Crippen molar-refractivity contribution >= 4 is 11.8 Å². The lowest BCUT2D eigenvalue weighted by atomic mass is 10.1.